The Labute approximate surface area is 138 Å². The van der Waals surface area contributed by atoms with Crippen molar-refractivity contribution in [3.05, 3.63) is 27.8 Å². The van der Waals surface area contributed by atoms with E-state index in [0.29, 0.717) is 21.5 Å². The van der Waals surface area contributed by atoms with Crippen LogP contribution in [0.1, 0.15) is 26.5 Å². The first-order valence-corrected chi connectivity index (χ1v) is 7.83. The number of ether oxygens (including phenoxy) is 1. The molecule has 22 heavy (non-hydrogen) atoms. The highest BCUT2D eigenvalue weighted by Crippen LogP contribution is 2.33. The van der Waals surface area contributed by atoms with Crippen LogP contribution in [0, 0.1) is 20.8 Å². The molecule has 2 N–H and O–H groups in total. The van der Waals surface area contributed by atoms with E-state index >= 15 is 0 Å². The summed E-state index contributed by atoms with van der Waals surface area (Å²) in [6, 6.07) is 1.89. The van der Waals surface area contributed by atoms with Crippen molar-refractivity contribution in [2.24, 2.45) is 7.05 Å². The van der Waals surface area contributed by atoms with Gasteiger partial charge in [-0.2, -0.15) is 5.10 Å². The number of methoxy groups -OCH3 is 1. The lowest BCUT2D eigenvalue weighted by atomic mass is 10.1. The van der Waals surface area contributed by atoms with E-state index in [1.54, 1.807) is 4.68 Å². The zero-order valence-electron chi connectivity index (χ0n) is 13.1. The molecule has 0 amide bonds. The van der Waals surface area contributed by atoms with Gasteiger partial charge in [0, 0.05) is 23.7 Å². The molecule has 2 heterocycles. The van der Waals surface area contributed by atoms with E-state index in [-0.39, 0.29) is 5.97 Å². The number of aryl methyl sites for hydroxylation is 3. The second-order valence-electron chi connectivity index (χ2n) is 4.85. The molecule has 0 spiro atoms. The molecule has 6 nitrogen and oxygen atoms in total. The predicted octanol–water partition coefficient (Wildman–Crippen LogP) is 3.00. The third-order valence-electron chi connectivity index (χ3n) is 3.36. The number of nitrogens with zero attached hydrogens (tertiary/aromatic N) is 2. The molecule has 0 saturated heterocycles. The quantitative estimate of drug-likeness (QED) is 0.662. The largest absolute Gasteiger partial charge is 0.465 e. The van der Waals surface area contributed by atoms with Crippen LogP contribution in [-0.2, 0) is 11.8 Å². The van der Waals surface area contributed by atoms with Gasteiger partial charge in [-0.1, -0.05) is 0 Å². The Hall–Kier alpha value is -1.93. The summed E-state index contributed by atoms with van der Waals surface area (Å²) < 4.78 is 6.59. The Kier molecular flexibility index (Phi) is 4.82. The Morgan fingerprint density at radius 3 is 2.59 bits per heavy atom. The summed E-state index contributed by atoms with van der Waals surface area (Å²) >= 11 is 6.76. The van der Waals surface area contributed by atoms with Crippen LogP contribution in [0.2, 0.25) is 0 Å². The summed E-state index contributed by atoms with van der Waals surface area (Å²) in [7, 11) is 3.23. The highest BCUT2D eigenvalue weighted by molar-refractivity contribution is 7.80. The van der Waals surface area contributed by atoms with Crippen molar-refractivity contribution in [3.8, 4) is 0 Å². The second-order valence-corrected chi connectivity index (χ2v) is 6.49. The molecule has 0 aliphatic rings. The van der Waals surface area contributed by atoms with E-state index in [1.807, 2.05) is 33.9 Å². The van der Waals surface area contributed by atoms with Gasteiger partial charge in [-0.25, -0.2) is 4.79 Å². The van der Waals surface area contributed by atoms with Gasteiger partial charge >= 0.3 is 5.97 Å². The number of esters is 1. The number of thiocarbonyl (C=S) groups is 1. The smallest absolute Gasteiger partial charge is 0.341 e. The first kappa shape index (κ1) is 16.4. The van der Waals surface area contributed by atoms with Gasteiger partial charge in [-0.05, 0) is 38.6 Å². The fourth-order valence-corrected chi connectivity index (χ4v) is 3.26. The van der Waals surface area contributed by atoms with Crippen LogP contribution in [0.3, 0.4) is 0 Å². The fraction of sp³-hybridized carbons (Fsp3) is 0.357. The van der Waals surface area contributed by atoms with Crippen LogP contribution < -0.4 is 10.6 Å². The average Bonchev–Trinajstić information content (AvgIpc) is 2.89. The van der Waals surface area contributed by atoms with Crippen molar-refractivity contribution in [3.63, 3.8) is 0 Å². The maximum Gasteiger partial charge on any atom is 0.341 e. The van der Waals surface area contributed by atoms with E-state index in [0.717, 1.165) is 16.1 Å². The number of hydrogen-bond donors (Lipinski definition) is 2. The molecule has 118 valence electrons. The Balaban J connectivity index is 2.18. The Morgan fingerprint density at radius 1 is 1.36 bits per heavy atom. The summed E-state index contributed by atoms with van der Waals surface area (Å²) in [5.41, 5.74) is 2.44. The topological polar surface area (TPSA) is 68.2 Å². The highest BCUT2D eigenvalue weighted by atomic mass is 32.1. The van der Waals surface area contributed by atoms with Gasteiger partial charge in [-0.15, -0.1) is 11.3 Å². The predicted molar refractivity (Wildman–Crippen MR) is 92.9 cm³/mol. The lowest BCUT2D eigenvalue weighted by Gasteiger charge is -2.08. The number of thiophene rings is 1. The van der Waals surface area contributed by atoms with Gasteiger partial charge in [0.2, 0.25) is 0 Å². The molecule has 2 aromatic heterocycles. The molecule has 2 aromatic rings. The van der Waals surface area contributed by atoms with Gasteiger partial charge in [0.25, 0.3) is 0 Å². The summed E-state index contributed by atoms with van der Waals surface area (Å²) in [5.74, 6) is 0.281. The molecule has 0 aliphatic heterocycles. The average molecular weight is 338 g/mol. The molecule has 2 rings (SSSR count). The molecule has 0 bridgehead atoms. The third-order valence-corrected chi connectivity index (χ3v) is 4.68. The minimum atomic E-state index is -0.374. The monoisotopic (exact) mass is 338 g/mol. The van der Waals surface area contributed by atoms with Crippen LogP contribution in [0.4, 0.5) is 10.8 Å². The molecule has 0 aromatic carbocycles. The van der Waals surface area contributed by atoms with Crippen molar-refractivity contribution in [1.29, 1.82) is 0 Å². The van der Waals surface area contributed by atoms with Gasteiger partial charge < -0.3 is 15.4 Å². The highest BCUT2D eigenvalue weighted by Gasteiger charge is 2.20. The molecule has 0 aliphatic carbocycles. The van der Waals surface area contributed by atoms with Crippen molar-refractivity contribution < 1.29 is 9.53 Å². The van der Waals surface area contributed by atoms with E-state index in [2.05, 4.69) is 15.7 Å². The van der Waals surface area contributed by atoms with Crippen LogP contribution >= 0.6 is 23.6 Å². The van der Waals surface area contributed by atoms with Crippen molar-refractivity contribution >= 4 is 45.5 Å². The minimum absolute atomic E-state index is 0.374. The summed E-state index contributed by atoms with van der Waals surface area (Å²) in [4.78, 5) is 13.0. The molecule has 0 atom stereocenters. The van der Waals surface area contributed by atoms with Crippen LogP contribution in [0.15, 0.2) is 6.07 Å². The van der Waals surface area contributed by atoms with Crippen molar-refractivity contribution in [1.82, 2.24) is 9.78 Å². The maximum atomic E-state index is 11.9. The van der Waals surface area contributed by atoms with Crippen molar-refractivity contribution in [2.45, 2.75) is 20.8 Å². The van der Waals surface area contributed by atoms with Crippen LogP contribution in [0.25, 0.3) is 0 Å². The number of rotatable bonds is 3. The number of aromatic nitrogens is 2. The van der Waals surface area contributed by atoms with Crippen LogP contribution in [0.5, 0.6) is 0 Å². The van der Waals surface area contributed by atoms with E-state index in [9.17, 15) is 4.79 Å². The number of hydrogen-bond acceptors (Lipinski definition) is 5. The lowest BCUT2D eigenvalue weighted by molar-refractivity contribution is 0.0601. The first-order chi connectivity index (χ1) is 10.3. The SMILES string of the molecule is COC(=O)c1c(NC(=S)Nc2cc(C)n(C)n2)sc(C)c1C. The summed E-state index contributed by atoms with van der Waals surface area (Å²) in [5, 5.41) is 11.4. The van der Waals surface area contributed by atoms with E-state index < -0.39 is 0 Å². The molecule has 8 heteroatoms. The van der Waals surface area contributed by atoms with Crippen molar-refractivity contribution in [2.75, 3.05) is 17.7 Å². The third kappa shape index (κ3) is 3.28. The Morgan fingerprint density at radius 2 is 2.05 bits per heavy atom. The van der Waals surface area contributed by atoms with E-state index in [1.165, 1.54) is 18.4 Å². The zero-order valence-corrected chi connectivity index (χ0v) is 14.7. The zero-order chi connectivity index (χ0) is 16.4. The molecule has 0 saturated carbocycles. The standard InChI is InChI=1S/C14H18N4O2S2/c1-7-6-10(17-18(7)4)15-14(21)16-12-11(13(19)20-5)8(2)9(3)22-12/h6H,1-5H3,(H2,15,16,17,21). The molecular weight excluding hydrogens is 320 g/mol. The van der Waals surface area contributed by atoms with Gasteiger partial charge in [0.15, 0.2) is 10.9 Å². The minimum Gasteiger partial charge on any atom is -0.465 e. The summed E-state index contributed by atoms with van der Waals surface area (Å²) in [6.07, 6.45) is 0. The first-order valence-electron chi connectivity index (χ1n) is 6.60. The number of anilines is 2. The molecule has 0 radical (unpaired) electrons. The number of carbonyl (C=O) groups is 1. The van der Waals surface area contributed by atoms with Crippen LogP contribution in [-0.4, -0.2) is 28.0 Å². The normalized spacial score (nSPS) is 10.4. The van der Waals surface area contributed by atoms with Gasteiger partial charge in [0.05, 0.1) is 12.7 Å². The molecule has 0 unspecified atom stereocenters. The fourth-order valence-electron chi connectivity index (χ4n) is 1.94. The maximum absolute atomic E-state index is 11.9. The number of carbonyl (C=O) groups excluding carboxylic acids is 1. The number of nitrogens with one attached hydrogen (secondary N) is 2. The lowest BCUT2D eigenvalue weighted by Crippen LogP contribution is -2.20. The Bertz CT molecular complexity index is 714. The van der Waals surface area contributed by atoms with E-state index in [4.69, 9.17) is 17.0 Å². The molecule has 0 fully saturated rings. The van der Waals surface area contributed by atoms with Gasteiger partial charge in [-0.3, -0.25) is 4.68 Å². The summed E-state index contributed by atoms with van der Waals surface area (Å²) in [6.45, 7) is 5.80. The van der Waals surface area contributed by atoms with Gasteiger partial charge in [0.1, 0.15) is 5.00 Å². The molecular formula is C14H18N4O2S2. The second kappa shape index (κ2) is 6.45.